The summed E-state index contributed by atoms with van der Waals surface area (Å²) in [7, 11) is -3.55. The lowest BCUT2D eigenvalue weighted by atomic mass is 9.96. The van der Waals surface area contributed by atoms with Crippen LogP contribution in [0.15, 0.2) is 36.4 Å². The molecule has 1 saturated heterocycles. The highest BCUT2D eigenvalue weighted by atomic mass is 35.5. The number of amides is 1. The van der Waals surface area contributed by atoms with Crippen LogP contribution in [-0.4, -0.2) is 44.3 Å². The van der Waals surface area contributed by atoms with Gasteiger partial charge in [0.1, 0.15) is 0 Å². The van der Waals surface area contributed by atoms with E-state index in [1.165, 1.54) is 4.31 Å². The number of esters is 1. The lowest BCUT2D eigenvalue weighted by Crippen LogP contribution is -2.42. The van der Waals surface area contributed by atoms with Crippen LogP contribution in [-0.2, 0) is 25.3 Å². The molecule has 1 amide bonds. The molecule has 0 spiro atoms. The first-order valence-electron chi connectivity index (χ1n) is 10.6. The van der Waals surface area contributed by atoms with Crippen LogP contribution in [0.4, 0.5) is 5.69 Å². The van der Waals surface area contributed by atoms with Gasteiger partial charge in [0, 0.05) is 24.7 Å². The molecule has 2 aromatic rings. The van der Waals surface area contributed by atoms with Crippen LogP contribution in [0.5, 0.6) is 0 Å². The van der Waals surface area contributed by atoms with Gasteiger partial charge in [-0.15, -0.1) is 0 Å². The third-order valence-electron chi connectivity index (χ3n) is 5.64. The highest BCUT2D eigenvalue weighted by Crippen LogP contribution is 2.27. The Balaban J connectivity index is 1.60. The Morgan fingerprint density at radius 1 is 1.12 bits per heavy atom. The molecular formula is C23H26Cl2N2O5S. The lowest BCUT2D eigenvalue weighted by molar-refractivity contribution is -0.120. The molecule has 0 unspecified atom stereocenters. The van der Waals surface area contributed by atoms with Gasteiger partial charge in [-0.05, 0) is 62.1 Å². The number of carbonyl (C=O) groups excluding carboxylic acids is 2. The minimum atomic E-state index is -3.55. The highest BCUT2D eigenvalue weighted by molar-refractivity contribution is 7.88. The fraction of sp³-hybridized carbons (Fsp3) is 0.391. The van der Waals surface area contributed by atoms with E-state index >= 15 is 0 Å². The van der Waals surface area contributed by atoms with E-state index in [2.05, 4.69) is 5.32 Å². The minimum Gasteiger partial charge on any atom is -0.462 e. The van der Waals surface area contributed by atoms with E-state index < -0.39 is 16.0 Å². The largest absolute Gasteiger partial charge is 0.462 e. The van der Waals surface area contributed by atoms with Gasteiger partial charge < -0.3 is 10.1 Å². The van der Waals surface area contributed by atoms with Crippen LogP contribution < -0.4 is 5.32 Å². The molecule has 1 N–H and O–H groups in total. The average Bonchev–Trinajstić information content (AvgIpc) is 2.77. The van der Waals surface area contributed by atoms with Crippen molar-refractivity contribution in [3.63, 3.8) is 0 Å². The van der Waals surface area contributed by atoms with E-state index in [0.29, 0.717) is 45.3 Å². The van der Waals surface area contributed by atoms with Crippen LogP contribution in [0.2, 0.25) is 10.0 Å². The van der Waals surface area contributed by atoms with Crippen molar-refractivity contribution < 1.29 is 22.7 Å². The first-order valence-corrected chi connectivity index (χ1v) is 13.0. The summed E-state index contributed by atoms with van der Waals surface area (Å²) in [6.07, 6.45) is 0.812. The molecule has 0 atom stereocenters. The van der Waals surface area contributed by atoms with Gasteiger partial charge >= 0.3 is 5.97 Å². The summed E-state index contributed by atoms with van der Waals surface area (Å²) in [5.41, 5.74) is 2.13. The number of carbonyl (C=O) groups is 2. The number of hydrogen-bond donors (Lipinski definition) is 1. The lowest BCUT2D eigenvalue weighted by Gasteiger charge is -2.30. The van der Waals surface area contributed by atoms with Crippen molar-refractivity contribution in [1.29, 1.82) is 0 Å². The second-order valence-electron chi connectivity index (χ2n) is 7.87. The van der Waals surface area contributed by atoms with Crippen LogP contribution in [0.25, 0.3) is 0 Å². The molecule has 1 aliphatic rings. The number of hydrogen-bond acceptors (Lipinski definition) is 5. The number of ether oxygens (including phenoxy) is 1. The SMILES string of the molecule is CCOC(=O)c1cccc(NC(=O)C2CCN(S(=O)(=O)Cc3ccc(Cl)c(Cl)c3)CC2)c1C. The van der Waals surface area contributed by atoms with Crippen LogP contribution in [0, 0.1) is 12.8 Å². The molecule has 0 saturated carbocycles. The fourth-order valence-electron chi connectivity index (χ4n) is 3.76. The Hall–Kier alpha value is -2.13. The van der Waals surface area contributed by atoms with Crippen molar-refractivity contribution >= 4 is 50.8 Å². The zero-order valence-electron chi connectivity index (χ0n) is 18.4. The van der Waals surface area contributed by atoms with Crippen LogP contribution in [0.3, 0.4) is 0 Å². The third kappa shape index (κ3) is 6.26. The van der Waals surface area contributed by atoms with E-state index in [-0.39, 0.29) is 37.3 Å². The number of sulfonamides is 1. The van der Waals surface area contributed by atoms with Crippen molar-refractivity contribution in [1.82, 2.24) is 4.31 Å². The van der Waals surface area contributed by atoms with Gasteiger partial charge in [-0.3, -0.25) is 4.79 Å². The minimum absolute atomic E-state index is 0.180. The Bertz CT molecular complexity index is 1150. The third-order valence-corrected chi connectivity index (χ3v) is 8.23. The molecular weight excluding hydrogens is 487 g/mol. The molecule has 0 bridgehead atoms. The molecule has 0 radical (unpaired) electrons. The van der Waals surface area contributed by atoms with Crippen molar-refractivity contribution in [3.05, 3.63) is 63.1 Å². The summed E-state index contributed by atoms with van der Waals surface area (Å²) < 4.78 is 32.1. The van der Waals surface area contributed by atoms with E-state index in [0.717, 1.165) is 0 Å². The van der Waals surface area contributed by atoms with Gasteiger partial charge in [-0.1, -0.05) is 35.3 Å². The van der Waals surface area contributed by atoms with Crippen molar-refractivity contribution in [3.8, 4) is 0 Å². The van der Waals surface area contributed by atoms with E-state index in [4.69, 9.17) is 27.9 Å². The number of halogens is 2. The predicted octanol–water partition coefficient (Wildman–Crippen LogP) is 4.66. The maximum Gasteiger partial charge on any atom is 0.338 e. The molecule has 3 rings (SSSR count). The molecule has 7 nitrogen and oxygen atoms in total. The fourth-order valence-corrected chi connectivity index (χ4v) is 5.63. The molecule has 178 valence electrons. The first-order chi connectivity index (χ1) is 15.6. The van der Waals surface area contributed by atoms with Gasteiger partial charge in [0.05, 0.1) is 28.0 Å². The Morgan fingerprint density at radius 3 is 2.45 bits per heavy atom. The smallest absolute Gasteiger partial charge is 0.338 e. The van der Waals surface area contributed by atoms with Gasteiger partial charge in [-0.2, -0.15) is 0 Å². The maximum atomic E-state index is 12.8. The molecule has 2 aromatic carbocycles. The van der Waals surface area contributed by atoms with E-state index in [1.807, 2.05) is 0 Å². The summed E-state index contributed by atoms with van der Waals surface area (Å²) >= 11 is 11.9. The van der Waals surface area contributed by atoms with Gasteiger partial charge in [0.2, 0.25) is 15.9 Å². The summed E-state index contributed by atoms with van der Waals surface area (Å²) in [4.78, 5) is 24.9. The van der Waals surface area contributed by atoms with Crippen molar-refractivity contribution in [2.24, 2.45) is 5.92 Å². The van der Waals surface area contributed by atoms with Gasteiger partial charge in [0.25, 0.3) is 0 Å². The number of piperidine rings is 1. The Kier molecular flexibility index (Phi) is 8.39. The molecule has 0 aliphatic carbocycles. The molecule has 1 aliphatic heterocycles. The number of anilines is 1. The van der Waals surface area contributed by atoms with E-state index in [1.54, 1.807) is 50.2 Å². The zero-order chi connectivity index (χ0) is 24.2. The van der Waals surface area contributed by atoms with E-state index in [9.17, 15) is 18.0 Å². The molecule has 33 heavy (non-hydrogen) atoms. The topological polar surface area (TPSA) is 92.8 Å². The quantitative estimate of drug-likeness (QED) is 0.544. The molecule has 1 heterocycles. The standard InChI is InChI=1S/C23H26Cl2N2O5S/c1-3-32-23(29)18-5-4-6-21(15(18)2)26-22(28)17-9-11-27(12-10-17)33(30,31)14-16-7-8-19(24)20(25)13-16/h4-8,13,17H,3,9-12,14H2,1-2H3,(H,26,28). The number of benzene rings is 2. The number of nitrogens with zero attached hydrogens (tertiary/aromatic N) is 1. The van der Waals surface area contributed by atoms with Crippen molar-refractivity contribution in [2.75, 3.05) is 25.0 Å². The highest BCUT2D eigenvalue weighted by Gasteiger charge is 2.31. The molecule has 0 aromatic heterocycles. The van der Waals surface area contributed by atoms with Gasteiger partial charge in [-0.25, -0.2) is 17.5 Å². The predicted molar refractivity (Wildman–Crippen MR) is 129 cm³/mol. The monoisotopic (exact) mass is 512 g/mol. The van der Waals surface area contributed by atoms with Crippen LogP contribution in [0.1, 0.15) is 41.3 Å². The Morgan fingerprint density at radius 2 is 1.82 bits per heavy atom. The maximum absolute atomic E-state index is 12.8. The summed E-state index contributed by atoms with van der Waals surface area (Å²) in [6, 6.07) is 9.83. The number of rotatable bonds is 7. The summed E-state index contributed by atoms with van der Waals surface area (Å²) in [5.74, 6) is -1.14. The normalized spacial score (nSPS) is 15.3. The molecule has 10 heteroatoms. The zero-order valence-corrected chi connectivity index (χ0v) is 20.8. The average molecular weight is 513 g/mol. The first kappa shape index (κ1) is 25.5. The van der Waals surface area contributed by atoms with Gasteiger partial charge in [0.15, 0.2) is 0 Å². The second kappa shape index (κ2) is 10.9. The Labute approximate surface area is 204 Å². The van der Waals surface area contributed by atoms with Crippen molar-refractivity contribution in [2.45, 2.75) is 32.4 Å². The summed E-state index contributed by atoms with van der Waals surface area (Å²) in [6.45, 7) is 4.25. The second-order valence-corrected chi connectivity index (χ2v) is 10.6. The number of nitrogens with one attached hydrogen (secondary N) is 1. The molecule has 1 fully saturated rings. The van der Waals surface area contributed by atoms with Crippen LogP contribution >= 0.6 is 23.2 Å². The summed E-state index contributed by atoms with van der Waals surface area (Å²) in [5, 5.41) is 3.56.